The van der Waals surface area contributed by atoms with Crippen molar-refractivity contribution in [2.24, 2.45) is 0 Å². The van der Waals surface area contributed by atoms with Gasteiger partial charge >= 0.3 is 0 Å². The molecule has 118 valence electrons. The van der Waals surface area contributed by atoms with Crippen LogP contribution in [0.5, 0.6) is 5.75 Å². The molecule has 6 nitrogen and oxygen atoms in total. The largest absolute Gasteiger partial charge is 0.481 e. The molecule has 0 saturated carbocycles. The number of hydrogen-bond acceptors (Lipinski definition) is 4. The normalized spacial score (nSPS) is 11.5. The lowest BCUT2D eigenvalue weighted by Crippen LogP contribution is -2.37. The Balaban J connectivity index is 2.35. The Labute approximate surface area is 121 Å². The number of nitrogens with one attached hydrogen (secondary N) is 1. The first kappa shape index (κ1) is 17.3. The van der Waals surface area contributed by atoms with Crippen LogP contribution in [0.25, 0.3) is 0 Å². The van der Waals surface area contributed by atoms with Crippen molar-refractivity contribution in [3.63, 3.8) is 0 Å². The Hall–Kier alpha value is -1.74. The zero-order valence-electron chi connectivity index (χ0n) is 11.6. The summed E-state index contributed by atoms with van der Waals surface area (Å²) in [5.41, 5.74) is 0. The third-order valence-corrected chi connectivity index (χ3v) is 3.88. The molecule has 0 fully saturated rings. The van der Waals surface area contributed by atoms with Crippen molar-refractivity contribution in [1.29, 1.82) is 0 Å². The van der Waals surface area contributed by atoms with Crippen LogP contribution in [-0.2, 0) is 14.8 Å². The van der Waals surface area contributed by atoms with E-state index >= 15 is 0 Å². The zero-order chi connectivity index (χ0) is 16.0. The molecule has 0 aliphatic rings. The number of nitrogens with zero attached hydrogens (tertiary/aromatic N) is 1. The van der Waals surface area contributed by atoms with Crippen LogP contribution in [0.3, 0.4) is 0 Å². The molecule has 1 aromatic rings. The van der Waals surface area contributed by atoms with Crippen LogP contribution in [0.4, 0.5) is 8.78 Å². The van der Waals surface area contributed by atoms with Gasteiger partial charge in [-0.2, -0.15) is 0 Å². The maximum absolute atomic E-state index is 13.2. The van der Waals surface area contributed by atoms with Crippen molar-refractivity contribution in [3.05, 3.63) is 29.8 Å². The molecule has 0 spiro atoms. The number of sulfonamides is 1. The fourth-order valence-corrected chi connectivity index (χ4v) is 1.73. The summed E-state index contributed by atoms with van der Waals surface area (Å²) < 4.78 is 54.0. The summed E-state index contributed by atoms with van der Waals surface area (Å²) in [5, 5.41) is 2.42. The van der Waals surface area contributed by atoms with Gasteiger partial charge in [0.2, 0.25) is 10.0 Å². The SMILES string of the molecule is CN(CCNC(=O)COc1ccc(F)cc1F)S(C)(=O)=O. The number of likely N-dealkylation sites (N-methyl/N-ethyl adjacent to an activating group) is 1. The second-order valence-electron chi connectivity index (χ2n) is 4.30. The molecule has 1 aromatic carbocycles. The second kappa shape index (κ2) is 7.32. The number of carbonyl (C=O) groups is 1. The average molecular weight is 322 g/mol. The molecule has 0 atom stereocenters. The Morgan fingerprint density at radius 1 is 1.38 bits per heavy atom. The van der Waals surface area contributed by atoms with Gasteiger partial charge in [-0.1, -0.05) is 0 Å². The smallest absolute Gasteiger partial charge is 0.257 e. The van der Waals surface area contributed by atoms with E-state index < -0.39 is 34.2 Å². The van der Waals surface area contributed by atoms with Crippen molar-refractivity contribution in [2.75, 3.05) is 33.0 Å². The fourth-order valence-electron chi connectivity index (χ4n) is 1.31. The van der Waals surface area contributed by atoms with Gasteiger partial charge in [-0.25, -0.2) is 21.5 Å². The van der Waals surface area contributed by atoms with Gasteiger partial charge in [-0.15, -0.1) is 0 Å². The minimum absolute atomic E-state index is 0.0949. The van der Waals surface area contributed by atoms with Gasteiger partial charge in [-0.3, -0.25) is 4.79 Å². The monoisotopic (exact) mass is 322 g/mol. The molecule has 0 aliphatic heterocycles. The van der Waals surface area contributed by atoms with Crippen molar-refractivity contribution in [1.82, 2.24) is 9.62 Å². The first-order chi connectivity index (χ1) is 9.70. The fraction of sp³-hybridized carbons (Fsp3) is 0.417. The van der Waals surface area contributed by atoms with Gasteiger partial charge in [0.25, 0.3) is 5.91 Å². The molecular formula is C12H16F2N2O4S. The highest BCUT2D eigenvalue weighted by Gasteiger charge is 2.11. The van der Waals surface area contributed by atoms with E-state index in [2.05, 4.69) is 5.32 Å². The Morgan fingerprint density at radius 3 is 2.62 bits per heavy atom. The number of benzene rings is 1. The minimum Gasteiger partial charge on any atom is -0.481 e. The Bertz CT molecular complexity index is 607. The van der Waals surface area contributed by atoms with E-state index in [4.69, 9.17) is 4.74 Å². The van der Waals surface area contributed by atoms with E-state index in [1.54, 1.807) is 0 Å². The van der Waals surface area contributed by atoms with Crippen molar-refractivity contribution < 1.29 is 26.7 Å². The highest BCUT2D eigenvalue weighted by atomic mass is 32.2. The molecule has 0 unspecified atom stereocenters. The van der Waals surface area contributed by atoms with Gasteiger partial charge in [0, 0.05) is 26.2 Å². The summed E-state index contributed by atoms with van der Waals surface area (Å²) in [4.78, 5) is 11.4. The lowest BCUT2D eigenvalue weighted by atomic mass is 10.3. The number of carbonyl (C=O) groups excluding carboxylic acids is 1. The van der Waals surface area contributed by atoms with E-state index in [9.17, 15) is 22.0 Å². The van der Waals surface area contributed by atoms with E-state index in [0.717, 1.165) is 22.7 Å². The maximum Gasteiger partial charge on any atom is 0.257 e. The Kier molecular flexibility index (Phi) is 6.03. The van der Waals surface area contributed by atoms with Crippen LogP contribution in [0.15, 0.2) is 18.2 Å². The third kappa shape index (κ3) is 6.05. The lowest BCUT2D eigenvalue weighted by molar-refractivity contribution is -0.123. The summed E-state index contributed by atoms with van der Waals surface area (Å²) in [6.45, 7) is -0.252. The molecule has 1 rings (SSSR count). The number of halogens is 2. The molecule has 21 heavy (non-hydrogen) atoms. The number of amides is 1. The van der Waals surface area contributed by atoms with Gasteiger partial charge in [-0.05, 0) is 12.1 Å². The van der Waals surface area contributed by atoms with Crippen LogP contribution < -0.4 is 10.1 Å². The average Bonchev–Trinajstić information content (AvgIpc) is 2.36. The highest BCUT2D eigenvalue weighted by Crippen LogP contribution is 2.17. The van der Waals surface area contributed by atoms with Gasteiger partial charge in [0.1, 0.15) is 5.82 Å². The predicted molar refractivity (Wildman–Crippen MR) is 72.3 cm³/mol. The van der Waals surface area contributed by atoms with E-state index in [-0.39, 0.29) is 18.8 Å². The summed E-state index contributed by atoms with van der Waals surface area (Å²) in [7, 11) is -1.92. The molecule has 0 heterocycles. The van der Waals surface area contributed by atoms with Crippen molar-refractivity contribution in [3.8, 4) is 5.75 Å². The highest BCUT2D eigenvalue weighted by molar-refractivity contribution is 7.88. The third-order valence-electron chi connectivity index (χ3n) is 2.57. The molecule has 0 aromatic heterocycles. The molecule has 0 bridgehead atoms. The molecule has 1 N–H and O–H groups in total. The van der Waals surface area contributed by atoms with Crippen LogP contribution in [0.1, 0.15) is 0 Å². The van der Waals surface area contributed by atoms with E-state index in [1.165, 1.54) is 7.05 Å². The predicted octanol–water partition coefficient (Wildman–Crippen LogP) is 0.351. The van der Waals surface area contributed by atoms with E-state index in [0.29, 0.717) is 6.07 Å². The van der Waals surface area contributed by atoms with Gasteiger partial charge in [0.05, 0.1) is 6.26 Å². The van der Waals surface area contributed by atoms with Crippen LogP contribution >= 0.6 is 0 Å². The summed E-state index contributed by atoms with van der Waals surface area (Å²) in [5.74, 6) is -2.42. The topological polar surface area (TPSA) is 75.7 Å². The van der Waals surface area contributed by atoms with Crippen LogP contribution in [-0.4, -0.2) is 51.6 Å². The van der Waals surface area contributed by atoms with E-state index in [1.807, 2.05) is 0 Å². The molecule has 1 amide bonds. The summed E-state index contributed by atoms with van der Waals surface area (Å²) >= 11 is 0. The molecule has 0 saturated heterocycles. The number of hydrogen-bond donors (Lipinski definition) is 1. The number of ether oxygens (including phenoxy) is 1. The molecular weight excluding hydrogens is 306 g/mol. The molecule has 0 aliphatic carbocycles. The number of rotatable bonds is 7. The summed E-state index contributed by atoms with van der Waals surface area (Å²) in [6, 6.07) is 2.74. The zero-order valence-corrected chi connectivity index (χ0v) is 12.4. The van der Waals surface area contributed by atoms with Crippen LogP contribution in [0.2, 0.25) is 0 Å². The second-order valence-corrected chi connectivity index (χ2v) is 6.39. The van der Waals surface area contributed by atoms with Gasteiger partial charge in [0.15, 0.2) is 18.2 Å². The minimum atomic E-state index is -3.30. The lowest BCUT2D eigenvalue weighted by Gasteiger charge is -2.14. The first-order valence-electron chi connectivity index (χ1n) is 5.96. The van der Waals surface area contributed by atoms with Gasteiger partial charge < -0.3 is 10.1 Å². The quantitative estimate of drug-likeness (QED) is 0.786. The standard InChI is InChI=1S/C12H16F2N2O4S/c1-16(21(2,18)19)6-5-15-12(17)8-20-11-4-3-9(13)7-10(11)14/h3-4,7H,5-6,8H2,1-2H3,(H,15,17). The summed E-state index contributed by atoms with van der Waals surface area (Å²) in [6.07, 6.45) is 1.05. The molecule has 0 radical (unpaired) electrons. The van der Waals surface area contributed by atoms with Crippen molar-refractivity contribution in [2.45, 2.75) is 0 Å². The first-order valence-corrected chi connectivity index (χ1v) is 7.81. The molecule has 9 heteroatoms. The van der Waals surface area contributed by atoms with Crippen LogP contribution in [0, 0.1) is 11.6 Å². The van der Waals surface area contributed by atoms with Crippen molar-refractivity contribution >= 4 is 15.9 Å². The maximum atomic E-state index is 13.2. The Morgan fingerprint density at radius 2 is 2.05 bits per heavy atom.